The van der Waals surface area contributed by atoms with Gasteiger partial charge in [-0.2, -0.15) is 0 Å². The molecule has 7 rings (SSSR count). The van der Waals surface area contributed by atoms with Gasteiger partial charge in [-0.3, -0.25) is 9.59 Å². The van der Waals surface area contributed by atoms with E-state index in [9.17, 15) is 19.2 Å². The summed E-state index contributed by atoms with van der Waals surface area (Å²) in [5.74, 6) is 1.05. The van der Waals surface area contributed by atoms with Crippen molar-refractivity contribution in [2.24, 2.45) is 23.7 Å². The number of piperidine rings is 1. The molecule has 16 heteroatoms. The van der Waals surface area contributed by atoms with Crippen LogP contribution in [0.1, 0.15) is 84.5 Å². The summed E-state index contributed by atoms with van der Waals surface area (Å²) in [7, 11) is 2.56. The number of nitrogens with one attached hydrogen (secondary N) is 4. The minimum Gasteiger partial charge on any atom is -0.453 e. The molecule has 2 fully saturated rings. The Bertz CT molecular complexity index is 2480. The molecule has 2 aromatic heterocycles. The number of nitrogens with zero attached hydrogens (tertiary/aromatic N) is 4. The Labute approximate surface area is 377 Å². The summed E-state index contributed by atoms with van der Waals surface area (Å²) >= 11 is 13.6. The van der Waals surface area contributed by atoms with Crippen molar-refractivity contribution < 1.29 is 28.7 Å². The summed E-state index contributed by atoms with van der Waals surface area (Å²) in [5, 5.41) is 8.24. The number of carbonyl (C=O) groups is 4. The van der Waals surface area contributed by atoms with Crippen molar-refractivity contribution >= 4 is 58.0 Å². The van der Waals surface area contributed by atoms with Gasteiger partial charge in [0.05, 0.1) is 26.3 Å². The molecule has 0 bridgehead atoms. The van der Waals surface area contributed by atoms with Crippen molar-refractivity contribution in [3.63, 3.8) is 0 Å². The first kappa shape index (κ1) is 45.4. The van der Waals surface area contributed by atoms with Gasteiger partial charge in [-0.25, -0.2) is 19.6 Å². The molecule has 4 N–H and O–H groups in total. The highest BCUT2D eigenvalue weighted by molar-refractivity contribution is 6.32. The van der Waals surface area contributed by atoms with E-state index in [2.05, 4.69) is 58.7 Å². The largest absolute Gasteiger partial charge is 0.453 e. The molecule has 334 valence electrons. The molecule has 2 saturated heterocycles. The number of aromatic nitrogens is 4. The normalized spacial score (nSPS) is 19.9. The zero-order chi connectivity index (χ0) is 45.3. The Morgan fingerprint density at radius 2 is 1.08 bits per heavy atom. The van der Waals surface area contributed by atoms with Crippen LogP contribution in [-0.2, 0) is 19.1 Å². The number of aromatic amines is 2. The van der Waals surface area contributed by atoms with E-state index in [0.717, 1.165) is 39.4 Å². The van der Waals surface area contributed by atoms with Crippen molar-refractivity contribution in [2.75, 3.05) is 27.3 Å². The molecule has 63 heavy (non-hydrogen) atoms. The third-order valence-corrected chi connectivity index (χ3v) is 12.8. The van der Waals surface area contributed by atoms with Gasteiger partial charge >= 0.3 is 12.2 Å². The van der Waals surface area contributed by atoms with Crippen LogP contribution in [0.3, 0.4) is 0 Å². The fourth-order valence-electron chi connectivity index (χ4n) is 8.81. The van der Waals surface area contributed by atoms with Crippen molar-refractivity contribution in [3.05, 3.63) is 82.6 Å². The quantitative estimate of drug-likeness (QED) is 0.101. The van der Waals surface area contributed by atoms with Gasteiger partial charge in [-0.15, -0.1) is 0 Å². The predicted octanol–water partition coefficient (Wildman–Crippen LogP) is 9.56. The molecule has 0 radical (unpaired) electrons. The van der Waals surface area contributed by atoms with Crippen LogP contribution in [0.15, 0.2) is 60.7 Å². The maximum atomic E-state index is 13.9. The van der Waals surface area contributed by atoms with Gasteiger partial charge in [0.15, 0.2) is 0 Å². The standard InChI is InChI=1S/C47H56Cl2N8O6/c1-24(2)36(52-46(60)62-7)44(58)56-22-26(5)9-18-34(56)42-50-38(40(48)54-42)29-12-10-28(11-13-29)30-14-15-32-21-33(17-16-31(32)20-30)39-41(49)55-43(51-39)35-19-27(6)23-57(35)45(59)37(25(3)4)53-47(61)63-8/h10-17,20-21,24-27,34-37H,9,18-19,22-23H2,1-8H3,(H,50,54)(H,51,55)(H,52,60)(H,53,61)/t26-,27-,34-,35-,36-,37-/m0/s1. The second-order valence-electron chi connectivity index (χ2n) is 17.7. The first-order valence-electron chi connectivity index (χ1n) is 21.5. The Kier molecular flexibility index (Phi) is 13.7. The summed E-state index contributed by atoms with van der Waals surface area (Å²) in [5.41, 5.74) is 4.91. The number of methoxy groups -OCH3 is 2. The van der Waals surface area contributed by atoms with Crippen LogP contribution in [0.4, 0.5) is 9.59 Å². The summed E-state index contributed by atoms with van der Waals surface area (Å²) in [6, 6.07) is 18.3. The molecule has 6 atom stereocenters. The zero-order valence-electron chi connectivity index (χ0n) is 36.9. The third-order valence-electron chi connectivity index (χ3n) is 12.3. The number of rotatable bonds is 11. The van der Waals surface area contributed by atoms with E-state index >= 15 is 0 Å². The van der Waals surface area contributed by atoms with E-state index in [4.69, 9.17) is 42.6 Å². The zero-order valence-corrected chi connectivity index (χ0v) is 38.4. The lowest BCUT2D eigenvalue weighted by molar-refractivity contribution is -0.139. The fraction of sp³-hybridized carbons (Fsp3) is 0.447. The number of alkyl carbamates (subject to hydrolysis) is 2. The van der Waals surface area contributed by atoms with Crippen molar-refractivity contribution in [1.82, 2.24) is 40.4 Å². The molecule has 0 saturated carbocycles. The van der Waals surface area contributed by atoms with Gasteiger partial charge in [-0.1, -0.05) is 113 Å². The van der Waals surface area contributed by atoms with Crippen LogP contribution in [0.5, 0.6) is 0 Å². The third kappa shape index (κ3) is 9.67. The average Bonchev–Trinajstić information content (AvgIpc) is 3.98. The lowest BCUT2D eigenvalue weighted by atomic mass is 9.91. The number of imidazole rings is 2. The van der Waals surface area contributed by atoms with Crippen LogP contribution in [-0.4, -0.2) is 93.1 Å². The number of hydrogen-bond donors (Lipinski definition) is 4. The molecular weight excluding hydrogens is 843 g/mol. The molecule has 4 heterocycles. The van der Waals surface area contributed by atoms with E-state index in [1.54, 1.807) is 4.90 Å². The predicted molar refractivity (Wildman–Crippen MR) is 244 cm³/mol. The number of likely N-dealkylation sites (tertiary alicyclic amines) is 2. The Balaban J connectivity index is 1.08. The Morgan fingerprint density at radius 1 is 0.635 bits per heavy atom. The highest BCUT2D eigenvalue weighted by Crippen LogP contribution is 2.40. The van der Waals surface area contributed by atoms with Gasteiger partial charge in [0.2, 0.25) is 11.8 Å². The maximum Gasteiger partial charge on any atom is 0.407 e. The highest BCUT2D eigenvalue weighted by Gasteiger charge is 2.41. The topological polar surface area (TPSA) is 175 Å². The van der Waals surface area contributed by atoms with Gasteiger partial charge in [0.25, 0.3) is 0 Å². The molecule has 14 nitrogen and oxygen atoms in total. The van der Waals surface area contributed by atoms with Gasteiger partial charge in [-0.05, 0) is 77.0 Å². The number of H-pyrrole nitrogens is 2. The minimum atomic E-state index is -0.747. The van der Waals surface area contributed by atoms with Gasteiger partial charge < -0.3 is 39.9 Å². The average molecular weight is 900 g/mol. The Hall–Kier alpha value is -5.60. The molecule has 0 spiro atoms. The van der Waals surface area contributed by atoms with Crippen LogP contribution in [0.2, 0.25) is 10.3 Å². The number of amides is 4. The number of carbonyl (C=O) groups excluding carboxylic acids is 4. The number of halogens is 2. The summed E-state index contributed by atoms with van der Waals surface area (Å²) in [4.78, 5) is 71.9. The van der Waals surface area contributed by atoms with Crippen molar-refractivity contribution in [1.29, 1.82) is 0 Å². The highest BCUT2D eigenvalue weighted by atomic mass is 35.5. The molecule has 0 unspecified atom stereocenters. The molecule has 2 aliphatic rings. The second-order valence-corrected chi connectivity index (χ2v) is 18.4. The van der Waals surface area contributed by atoms with E-state index in [0.29, 0.717) is 59.3 Å². The summed E-state index contributed by atoms with van der Waals surface area (Å²) < 4.78 is 9.60. The molecule has 4 amide bonds. The lowest BCUT2D eigenvalue weighted by Gasteiger charge is -2.40. The Morgan fingerprint density at radius 3 is 1.62 bits per heavy atom. The van der Waals surface area contributed by atoms with Crippen LogP contribution in [0, 0.1) is 23.7 Å². The maximum absolute atomic E-state index is 13.9. The smallest absolute Gasteiger partial charge is 0.407 e. The van der Waals surface area contributed by atoms with Crippen molar-refractivity contribution in [2.45, 2.75) is 85.0 Å². The molecule has 5 aromatic rings. The van der Waals surface area contributed by atoms with E-state index in [1.165, 1.54) is 14.2 Å². The van der Waals surface area contributed by atoms with Crippen LogP contribution in [0.25, 0.3) is 44.4 Å². The van der Waals surface area contributed by atoms with E-state index < -0.39 is 24.3 Å². The first-order chi connectivity index (χ1) is 30.1. The lowest BCUT2D eigenvalue weighted by Crippen LogP contribution is -2.54. The summed E-state index contributed by atoms with van der Waals surface area (Å²) in [6.07, 6.45) is 1.03. The second kappa shape index (κ2) is 19.0. The molecule has 3 aromatic carbocycles. The SMILES string of the molecule is COC(=O)N[C@H](C(=O)N1C[C@@H](C)CC[C@H]1c1nc(-c2ccc(-c3ccc4cc(-c5nc([C@@H]6C[C@H](C)CN6C(=O)[C@@H](NC(=O)OC)C(C)C)[nH]c5Cl)ccc4c3)cc2)c(Cl)[nH]1)C(C)C. The van der Waals surface area contributed by atoms with Crippen LogP contribution >= 0.6 is 23.2 Å². The summed E-state index contributed by atoms with van der Waals surface area (Å²) in [6.45, 7) is 12.8. The molecule has 0 aliphatic carbocycles. The number of benzene rings is 3. The van der Waals surface area contributed by atoms with E-state index in [-0.39, 0.29) is 47.6 Å². The van der Waals surface area contributed by atoms with Gasteiger partial charge in [0, 0.05) is 24.2 Å². The number of ether oxygens (including phenoxy) is 2. The monoisotopic (exact) mass is 898 g/mol. The molecular formula is C47H56Cl2N8O6. The number of hydrogen-bond acceptors (Lipinski definition) is 8. The van der Waals surface area contributed by atoms with Crippen LogP contribution < -0.4 is 10.6 Å². The minimum absolute atomic E-state index is 0.150. The fourth-order valence-corrected chi connectivity index (χ4v) is 9.31. The van der Waals surface area contributed by atoms with E-state index in [1.807, 2.05) is 69.0 Å². The molecule has 2 aliphatic heterocycles. The number of fused-ring (bicyclic) bond motifs is 1. The van der Waals surface area contributed by atoms with Crippen molar-refractivity contribution in [3.8, 4) is 33.6 Å². The van der Waals surface area contributed by atoms with Gasteiger partial charge in [0.1, 0.15) is 45.4 Å². The first-order valence-corrected chi connectivity index (χ1v) is 22.3.